The van der Waals surface area contributed by atoms with Gasteiger partial charge in [-0.25, -0.2) is 10.4 Å². The van der Waals surface area contributed by atoms with Crippen LogP contribution in [0.2, 0.25) is 5.02 Å². The Kier molecular flexibility index (Phi) is 5.75. The first kappa shape index (κ1) is 27.3. The van der Waals surface area contributed by atoms with E-state index in [-0.39, 0.29) is 45.5 Å². The number of nitrogens with zero attached hydrogens (tertiary/aromatic N) is 2. The number of aliphatic hydroxyl groups is 2. The van der Waals surface area contributed by atoms with Gasteiger partial charge in [0.25, 0.3) is 5.56 Å². The van der Waals surface area contributed by atoms with Crippen LogP contribution in [0.5, 0.6) is 11.5 Å². The van der Waals surface area contributed by atoms with E-state index in [1.165, 1.54) is 12.3 Å². The molecule has 222 valence electrons. The average molecular weight is 618 g/mol. The van der Waals surface area contributed by atoms with Crippen molar-refractivity contribution in [3.63, 3.8) is 0 Å². The maximum atomic E-state index is 13.6. The van der Waals surface area contributed by atoms with Gasteiger partial charge in [0.15, 0.2) is 11.2 Å². The average Bonchev–Trinajstić information content (AvgIpc) is 3.71. The maximum Gasteiger partial charge on any atom is 0.260 e. The van der Waals surface area contributed by atoms with E-state index in [0.717, 1.165) is 13.2 Å². The van der Waals surface area contributed by atoms with Crippen molar-refractivity contribution in [2.24, 2.45) is 10.1 Å². The number of guanidine groups is 1. The zero-order valence-electron chi connectivity index (χ0n) is 22.6. The fourth-order valence-electron chi connectivity index (χ4n) is 6.52. The summed E-state index contributed by atoms with van der Waals surface area (Å²) in [6.45, 7) is 1.25. The van der Waals surface area contributed by atoms with Crippen molar-refractivity contribution < 1.29 is 20.1 Å². The predicted molar refractivity (Wildman–Crippen MR) is 159 cm³/mol. The predicted octanol–water partition coefficient (Wildman–Crippen LogP) is -1.95. The number of benzene rings is 1. The normalized spacial score (nSPS) is 18.8. The molecule has 2 aromatic rings. The quantitative estimate of drug-likeness (QED) is 0.110. The molecule has 0 radical (unpaired) electrons. The minimum absolute atomic E-state index is 0.0278. The largest absolute Gasteiger partial charge is 0.510 e. The Balaban J connectivity index is 1.51. The van der Waals surface area contributed by atoms with E-state index >= 15 is 0 Å². The number of hydrogen-bond donors (Lipinski definition) is 6. The molecule has 1 atom stereocenters. The van der Waals surface area contributed by atoms with Crippen LogP contribution in [0.4, 0.5) is 0 Å². The molecular formula is C29H20ClN5O9. The van der Waals surface area contributed by atoms with Gasteiger partial charge in [-0.2, -0.15) is 5.10 Å². The zero-order chi connectivity index (χ0) is 31.2. The van der Waals surface area contributed by atoms with Gasteiger partial charge in [-0.15, -0.1) is 0 Å². The second-order valence-corrected chi connectivity index (χ2v) is 10.9. The number of aromatic hydroxyl groups is 1. The van der Waals surface area contributed by atoms with Crippen LogP contribution in [0.1, 0.15) is 23.2 Å². The number of rotatable bonds is 3. The minimum Gasteiger partial charge on any atom is -0.510 e. The molecule has 0 saturated carbocycles. The lowest BCUT2D eigenvalue weighted by Crippen LogP contribution is -2.51. The van der Waals surface area contributed by atoms with Gasteiger partial charge in [0, 0.05) is 23.6 Å². The summed E-state index contributed by atoms with van der Waals surface area (Å²) in [4.78, 5) is 72.9. The van der Waals surface area contributed by atoms with Gasteiger partial charge in [0.1, 0.15) is 22.7 Å². The number of methoxy groups -OCH3 is 1. The summed E-state index contributed by atoms with van der Waals surface area (Å²) < 4.78 is 4.89. The summed E-state index contributed by atoms with van der Waals surface area (Å²) >= 11 is 6.78. The van der Waals surface area contributed by atoms with Crippen LogP contribution < -0.4 is 53.2 Å². The maximum absolute atomic E-state index is 13.6. The monoisotopic (exact) mass is 617 g/mol. The molecule has 7 rings (SSSR count). The van der Waals surface area contributed by atoms with Crippen LogP contribution >= 0.6 is 11.6 Å². The number of halogens is 1. The lowest BCUT2D eigenvalue weighted by Gasteiger charge is -2.27. The molecule has 1 aromatic carbocycles. The Bertz CT molecular complexity index is 2550. The molecule has 15 heteroatoms. The van der Waals surface area contributed by atoms with E-state index in [4.69, 9.17) is 16.3 Å². The molecule has 0 saturated heterocycles. The number of fused-ring (bicyclic) bond motifs is 4. The number of aromatic nitrogens is 1. The number of ether oxygens (including phenoxy) is 1. The van der Waals surface area contributed by atoms with Gasteiger partial charge >= 0.3 is 0 Å². The van der Waals surface area contributed by atoms with E-state index in [1.54, 1.807) is 0 Å². The van der Waals surface area contributed by atoms with Gasteiger partial charge < -0.3 is 30.4 Å². The number of phenolic OH excluding ortho intramolecular Hbond substituents is 1. The number of nitrogens with one attached hydrogen (secondary N) is 3. The molecule has 5 aliphatic rings. The Morgan fingerprint density at radius 1 is 1.02 bits per heavy atom. The molecule has 1 aliphatic heterocycles. The highest BCUT2D eigenvalue weighted by Crippen LogP contribution is 2.56. The number of hydrogen-bond acceptors (Lipinski definition) is 13. The Labute approximate surface area is 247 Å². The molecule has 44 heavy (non-hydrogen) atoms. The Hall–Kier alpha value is -5.50. The highest BCUT2D eigenvalue weighted by Gasteiger charge is 2.53. The first-order valence-corrected chi connectivity index (χ1v) is 13.6. The lowest BCUT2D eigenvalue weighted by atomic mass is 9.78. The third-order valence-electron chi connectivity index (χ3n) is 8.43. The van der Waals surface area contributed by atoms with Crippen molar-refractivity contribution in [3.8, 4) is 11.5 Å². The van der Waals surface area contributed by atoms with Crippen molar-refractivity contribution in [3.05, 3.63) is 106 Å². The molecule has 4 aliphatic carbocycles. The molecular weight excluding hydrogens is 598 g/mol. The fourth-order valence-corrected chi connectivity index (χ4v) is 6.86. The molecule has 0 fully saturated rings. The zero-order valence-corrected chi connectivity index (χ0v) is 23.4. The van der Waals surface area contributed by atoms with Crippen molar-refractivity contribution in [1.82, 2.24) is 15.7 Å². The number of hydrazone groups is 1. The summed E-state index contributed by atoms with van der Waals surface area (Å²) in [5.74, 6) is -2.28. The highest BCUT2D eigenvalue weighted by atomic mass is 35.5. The summed E-state index contributed by atoms with van der Waals surface area (Å²) in [5, 5.41) is 38.7. The number of phenols is 1. The lowest BCUT2D eigenvalue weighted by molar-refractivity contribution is 0.362. The minimum atomic E-state index is -2.06. The van der Waals surface area contributed by atoms with Gasteiger partial charge in [-0.1, -0.05) is 11.6 Å². The number of aliphatic hydroxyl groups excluding tert-OH is 2. The molecule has 1 aromatic heterocycles. The Morgan fingerprint density at radius 2 is 1.73 bits per heavy atom. The SMILES string of the molecule is COc1cc(=O)c2c(=O)c3c(c(=O)c=2c1=O)=C(O)[C@]1(CCc2c1c(O)c1c(=O)[nH]c(C=NNC4=NCCN4)cc1c2Cl)C=3O. The standard InChI is InChI=1S/C29H20ClN5O9/c1-44-13-7-12(36)15-16(21(13)37)23(39)18-17(22(15)38)25(41)29(26(18)42)3-2-10-19(29)24(40)14-11(20(10)30)6-9(34-27(14)43)8-33-35-28-31-4-5-32-28/h6-8,40-42H,2-5H2,1H3,(H,34,43)(H2,31,32,35)/t29-/m0/s1. The number of aliphatic imine (C=N–C) groups is 1. The van der Waals surface area contributed by atoms with E-state index in [2.05, 4.69) is 25.8 Å². The smallest absolute Gasteiger partial charge is 0.260 e. The molecule has 0 bridgehead atoms. The van der Waals surface area contributed by atoms with Gasteiger partial charge in [0.2, 0.25) is 22.2 Å². The summed E-state index contributed by atoms with van der Waals surface area (Å²) in [5.41, 5.74) is -4.15. The molecule has 2 heterocycles. The van der Waals surface area contributed by atoms with Crippen LogP contribution in [0.15, 0.2) is 46.2 Å². The van der Waals surface area contributed by atoms with Crippen LogP contribution in [0.25, 0.3) is 22.3 Å². The van der Waals surface area contributed by atoms with Crippen LogP contribution in [0.3, 0.4) is 0 Å². The van der Waals surface area contributed by atoms with E-state index in [1.807, 2.05) is 0 Å². The second-order valence-electron chi connectivity index (χ2n) is 10.6. The molecule has 0 amide bonds. The van der Waals surface area contributed by atoms with Gasteiger partial charge in [-0.05, 0) is 24.5 Å². The third-order valence-corrected chi connectivity index (χ3v) is 8.86. The highest BCUT2D eigenvalue weighted by molar-refractivity contribution is 6.37. The van der Waals surface area contributed by atoms with Crippen LogP contribution in [-0.2, 0) is 11.8 Å². The molecule has 0 unspecified atom stereocenters. The Morgan fingerprint density at radius 3 is 2.39 bits per heavy atom. The number of pyridine rings is 1. The van der Waals surface area contributed by atoms with Crippen molar-refractivity contribution in [1.29, 1.82) is 0 Å². The summed E-state index contributed by atoms with van der Waals surface area (Å²) in [7, 11) is 1.11. The van der Waals surface area contributed by atoms with Crippen molar-refractivity contribution in [2.45, 2.75) is 18.3 Å². The van der Waals surface area contributed by atoms with Crippen molar-refractivity contribution >= 4 is 46.1 Å². The number of H-pyrrole nitrogens is 1. The molecule has 14 nitrogen and oxygen atoms in total. The summed E-state index contributed by atoms with van der Waals surface area (Å²) in [6.07, 6.45) is 1.19. The van der Waals surface area contributed by atoms with Gasteiger partial charge in [-0.3, -0.25) is 24.0 Å². The number of aromatic amines is 1. The molecule has 1 spiro atoms. The van der Waals surface area contributed by atoms with Crippen molar-refractivity contribution in [2.75, 3.05) is 20.2 Å². The van der Waals surface area contributed by atoms with Gasteiger partial charge in [0.05, 0.1) is 56.8 Å². The topological polar surface area (TPSA) is 220 Å². The van der Waals surface area contributed by atoms with E-state index in [0.29, 0.717) is 19.0 Å². The molecule has 6 N–H and O–H groups in total. The first-order chi connectivity index (χ1) is 21.0. The first-order valence-electron chi connectivity index (χ1n) is 13.3. The van der Waals surface area contributed by atoms with E-state index < -0.39 is 76.6 Å². The fraction of sp³-hybridized carbons (Fsp3) is 0.207. The van der Waals surface area contributed by atoms with Crippen LogP contribution in [0, 0.1) is 10.4 Å². The third kappa shape index (κ3) is 3.33. The second kappa shape index (κ2) is 9.25. The van der Waals surface area contributed by atoms with E-state index in [9.17, 15) is 39.3 Å². The summed E-state index contributed by atoms with van der Waals surface area (Å²) in [6, 6.07) is 2.25. The van der Waals surface area contributed by atoms with Crippen LogP contribution in [-0.4, -0.2) is 52.7 Å².